The maximum atomic E-state index is 13.6. The molecule has 3 rings (SSSR count). The van der Waals surface area contributed by atoms with Crippen LogP contribution in [-0.2, 0) is 5.54 Å². The molecule has 5 heteroatoms. The SMILES string of the molecule is Cc1ccc(-c2noc(C3(N)CCCCCC3)n2)cc1F. The second-order valence-electron chi connectivity index (χ2n) is 5.96. The van der Waals surface area contributed by atoms with Gasteiger partial charge in [-0.3, -0.25) is 0 Å². The molecule has 112 valence electrons. The van der Waals surface area contributed by atoms with E-state index in [0.717, 1.165) is 25.7 Å². The van der Waals surface area contributed by atoms with Crippen molar-refractivity contribution >= 4 is 0 Å². The Balaban J connectivity index is 1.90. The number of hydrogen-bond acceptors (Lipinski definition) is 4. The Hall–Kier alpha value is -1.75. The van der Waals surface area contributed by atoms with Gasteiger partial charge in [-0.05, 0) is 31.4 Å². The molecule has 21 heavy (non-hydrogen) atoms. The fourth-order valence-corrected chi connectivity index (χ4v) is 2.85. The van der Waals surface area contributed by atoms with Crippen LogP contribution in [0.15, 0.2) is 22.7 Å². The molecule has 1 aromatic carbocycles. The monoisotopic (exact) mass is 289 g/mol. The molecular formula is C16H20FN3O. The number of benzene rings is 1. The topological polar surface area (TPSA) is 64.9 Å². The van der Waals surface area contributed by atoms with E-state index in [0.29, 0.717) is 22.8 Å². The molecule has 1 aromatic heterocycles. The first-order chi connectivity index (χ1) is 10.1. The third-order valence-electron chi connectivity index (χ3n) is 4.28. The van der Waals surface area contributed by atoms with Crippen LogP contribution >= 0.6 is 0 Å². The van der Waals surface area contributed by atoms with Crippen molar-refractivity contribution in [3.63, 3.8) is 0 Å². The fraction of sp³-hybridized carbons (Fsp3) is 0.500. The van der Waals surface area contributed by atoms with E-state index in [-0.39, 0.29) is 5.82 Å². The van der Waals surface area contributed by atoms with Gasteiger partial charge in [0.15, 0.2) is 0 Å². The lowest BCUT2D eigenvalue weighted by molar-refractivity contribution is 0.257. The lowest BCUT2D eigenvalue weighted by Crippen LogP contribution is -2.36. The summed E-state index contributed by atoms with van der Waals surface area (Å²) in [6, 6.07) is 4.94. The van der Waals surface area contributed by atoms with Gasteiger partial charge in [0.25, 0.3) is 0 Å². The van der Waals surface area contributed by atoms with Crippen LogP contribution in [0.2, 0.25) is 0 Å². The van der Waals surface area contributed by atoms with Crippen molar-refractivity contribution in [2.45, 2.75) is 51.0 Å². The predicted octanol–water partition coefficient (Wildman–Crippen LogP) is 3.69. The first kappa shape index (κ1) is 14.2. The van der Waals surface area contributed by atoms with Gasteiger partial charge in [0.05, 0.1) is 5.54 Å². The average molecular weight is 289 g/mol. The van der Waals surface area contributed by atoms with E-state index in [1.165, 1.54) is 18.9 Å². The normalized spacial score (nSPS) is 18.4. The van der Waals surface area contributed by atoms with E-state index in [9.17, 15) is 4.39 Å². The molecular weight excluding hydrogens is 269 g/mol. The van der Waals surface area contributed by atoms with Gasteiger partial charge in [-0.1, -0.05) is 43.0 Å². The number of aryl methyl sites for hydroxylation is 1. The minimum atomic E-state index is -0.537. The van der Waals surface area contributed by atoms with E-state index < -0.39 is 5.54 Å². The number of aromatic nitrogens is 2. The second kappa shape index (κ2) is 5.56. The van der Waals surface area contributed by atoms with Gasteiger partial charge >= 0.3 is 0 Å². The molecule has 0 saturated heterocycles. The van der Waals surface area contributed by atoms with Crippen LogP contribution in [0, 0.1) is 12.7 Å². The molecule has 0 bridgehead atoms. The molecule has 1 aliphatic rings. The molecule has 0 aliphatic heterocycles. The van der Waals surface area contributed by atoms with Crippen molar-refractivity contribution in [3.8, 4) is 11.4 Å². The fourth-order valence-electron chi connectivity index (χ4n) is 2.85. The minimum Gasteiger partial charge on any atom is -0.337 e. The number of hydrogen-bond donors (Lipinski definition) is 1. The smallest absolute Gasteiger partial charge is 0.247 e. The Labute approximate surface area is 123 Å². The highest BCUT2D eigenvalue weighted by Gasteiger charge is 2.34. The van der Waals surface area contributed by atoms with E-state index in [2.05, 4.69) is 10.1 Å². The van der Waals surface area contributed by atoms with Gasteiger partial charge < -0.3 is 10.3 Å². The molecule has 1 aliphatic carbocycles. The van der Waals surface area contributed by atoms with Crippen LogP contribution in [0.25, 0.3) is 11.4 Å². The van der Waals surface area contributed by atoms with Crippen LogP contribution in [-0.4, -0.2) is 10.1 Å². The minimum absolute atomic E-state index is 0.268. The van der Waals surface area contributed by atoms with Crippen molar-refractivity contribution in [2.24, 2.45) is 5.73 Å². The molecule has 2 N–H and O–H groups in total. The Kier molecular flexibility index (Phi) is 3.76. The molecule has 1 saturated carbocycles. The second-order valence-corrected chi connectivity index (χ2v) is 5.96. The maximum absolute atomic E-state index is 13.6. The quantitative estimate of drug-likeness (QED) is 0.856. The molecule has 0 atom stereocenters. The number of halogens is 1. The molecule has 0 spiro atoms. The zero-order chi connectivity index (χ0) is 14.9. The number of nitrogens with two attached hydrogens (primary N) is 1. The Morgan fingerprint density at radius 2 is 1.90 bits per heavy atom. The Morgan fingerprint density at radius 1 is 1.19 bits per heavy atom. The molecule has 4 nitrogen and oxygen atoms in total. The third-order valence-corrected chi connectivity index (χ3v) is 4.28. The summed E-state index contributed by atoms with van der Waals surface area (Å²) in [4.78, 5) is 4.42. The van der Waals surface area contributed by atoms with Crippen LogP contribution in [0.3, 0.4) is 0 Å². The summed E-state index contributed by atoms with van der Waals surface area (Å²) < 4.78 is 19.0. The van der Waals surface area contributed by atoms with Crippen molar-refractivity contribution in [2.75, 3.05) is 0 Å². The van der Waals surface area contributed by atoms with E-state index >= 15 is 0 Å². The summed E-state index contributed by atoms with van der Waals surface area (Å²) in [5.41, 5.74) is 7.13. The summed E-state index contributed by atoms with van der Waals surface area (Å²) in [5.74, 6) is 0.606. The van der Waals surface area contributed by atoms with E-state index in [1.807, 2.05) is 0 Å². The largest absolute Gasteiger partial charge is 0.337 e. The van der Waals surface area contributed by atoms with E-state index in [4.69, 9.17) is 10.3 Å². The van der Waals surface area contributed by atoms with Crippen molar-refractivity contribution in [1.29, 1.82) is 0 Å². The lowest BCUT2D eigenvalue weighted by Gasteiger charge is -2.22. The molecule has 1 heterocycles. The van der Waals surface area contributed by atoms with Gasteiger partial charge in [0.1, 0.15) is 5.82 Å². The summed E-state index contributed by atoms with van der Waals surface area (Å²) in [7, 11) is 0. The van der Waals surface area contributed by atoms with E-state index in [1.54, 1.807) is 19.1 Å². The molecule has 1 fully saturated rings. The first-order valence-electron chi connectivity index (χ1n) is 7.48. The Morgan fingerprint density at radius 3 is 2.57 bits per heavy atom. The van der Waals surface area contributed by atoms with Gasteiger partial charge in [-0.15, -0.1) is 0 Å². The summed E-state index contributed by atoms with van der Waals surface area (Å²) >= 11 is 0. The summed E-state index contributed by atoms with van der Waals surface area (Å²) in [6.07, 6.45) is 6.26. The van der Waals surface area contributed by atoms with Crippen LogP contribution in [0.5, 0.6) is 0 Å². The highest BCUT2D eigenvalue weighted by molar-refractivity contribution is 5.55. The van der Waals surface area contributed by atoms with Gasteiger partial charge in [-0.25, -0.2) is 4.39 Å². The van der Waals surface area contributed by atoms with Gasteiger partial charge in [-0.2, -0.15) is 4.98 Å². The zero-order valence-corrected chi connectivity index (χ0v) is 12.2. The maximum Gasteiger partial charge on any atom is 0.247 e. The third kappa shape index (κ3) is 2.83. The molecule has 2 aromatic rings. The van der Waals surface area contributed by atoms with Crippen molar-refractivity contribution < 1.29 is 8.91 Å². The number of rotatable bonds is 2. The summed E-state index contributed by atoms with van der Waals surface area (Å²) in [5, 5.41) is 3.98. The standard InChI is InChI=1S/C16H20FN3O/c1-11-6-7-12(10-13(11)17)14-19-15(21-20-14)16(18)8-4-2-3-5-9-16/h6-7,10H,2-5,8-9,18H2,1H3. The Bertz CT molecular complexity index is 630. The predicted molar refractivity (Wildman–Crippen MR) is 78.0 cm³/mol. The average Bonchev–Trinajstić information content (AvgIpc) is 2.86. The zero-order valence-electron chi connectivity index (χ0n) is 12.2. The van der Waals surface area contributed by atoms with Crippen LogP contribution < -0.4 is 5.73 Å². The van der Waals surface area contributed by atoms with Crippen molar-refractivity contribution in [1.82, 2.24) is 10.1 Å². The van der Waals surface area contributed by atoms with Gasteiger partial charge in [0, 0.05) is 5.56 Å². The van der Waals surface area contributed by atoms with Crippen LogP contribution in [0.4, 0.5) is 4.39 Å². The summed E-state index contributed by atoms with van der Waals surface area (Å²) in [6.45, 7) is 1.72. The van der Waals surface area contributed by atoms with Crippen molar-refractivity contribution in [3.05, 3.63) is 35.5 Å². The molecule has 0 unspecified atom stereocenters. The highest BCUT2D eigenvalue weighted by atomic mass is 19.1. The molecule has 0 amide bonds. The molecule has 0 radical (unpaired) electrons. The lowest BCUT2D eigenvalue weighted by atomic mass is 9.91. The first-order valence-corrected chi connectivity index (χ1v) is 7.48. The number of nitrogens with zero attached hydrogens (tertiary/aromatic N) is 2. The van der Waals surface area contributed by atoms with Crippen LogP contribution in [0.1, 0.15) is 50.0 Å². The highest BCUT2D eigenvalue weighted by Crippen LogP contribution is 2.33. The van der Waals surface area contributed by atoms with Gasteiger partial charge in [0.2, 0.25) is 11.7 Å².